The second-order valence-electron chi connectivity index (χ2n) is 9.03. The fourth-order valence-electron chi connectivity index (χ4n) is 4.86. The molecule has 7 nitrogen and oxygen atoms in total. The van der Waals surface area contributed by atoms with Gasteiger partial charge in [-0.2, -0.15) is 0 Å². The van der Waals surface area contributed by atoms with Crippen LogP contribution in [0.25, 0.3) is 0 Å². The van der Waals surface area contributed by atoms with Crippen molar-refractivity contribution in [3.05, 3.63) is 36.3 Å². The van der Waals surface area contributed by atoms with Crippen molar-refractivity contribution in [1.82, 2.24) is 14.7 Å². The van der Waals surface area contributed by atoms with E-state index in [-0.39, 0.29) is 35.5 Å². The average molecular weight is 414 g/mol. The van der Waals surface area contributed by atoms with Crippen molar-refractivity contribution >= 4 is 17.7 Å². The molecule has 3 aliphatic rings. The standard InChI is InChI=1S/C23H31N3O4/c1-16(2)14-20(26-21(27)18-7-3-4-8-19(18)22(26)28)23(29)25-11-9-24(10-12-25)15-17-6-5-13-30-17/h3-6,13,16,18-20H,7-12,14-15H2,1-2H3. The number of carbonyl (C=O) groups excluding carboxylic acids is 3. The van der Waals surface area contributed by atoms with Crippen LogP contribution in [-0.4, -0.2) is 64.6 Å². The van der Waals surface area contributed by atoms with Gasteiger partial charge in [0.2, 0.25) is 17.7 Å². The highest BCUT2D eigenvalue weighted by Crippen LogP contribution is 2.37. The van der Waals surface area contributed by atoms with Crippen LogP contribution < -0.4 is 0 Å². The van der Waals surface area contributed by atoms with Gasteiger partial charge in [-0.3, -0.25) is 24.2 Å². The number of nitrogens with zero attached hydrogens (tertiary/aromatic N) is 3. The number of fused-ring (bicyclic) bond motifs is 1. The number of amides is 3. The molecule has 2 saturated heterocycles. The molecule has 7 heteroatoms. The topological polar surface area (TPSA) is 74.1 Å². The zero-order chi connectivity index (χ0) is 21.3. The Morgan fingerprint density at radius 1 is 1.07 bits per heavy atom. The van der Waals surface area contributed by atoms with Gasteiger partial charge in [0.05, 0.1) is 24.6 Å². The molecule has 1 aliphatic carbocycles. The Balaban J connectivity index is 1.44. The number of hydrogen-bond acceptors (Lipinski definition) is 5. The fourth-order valence-corrected chi connectivity index (χ4v) is 4.86. The highest BCUT2D eigenvalue weighted by molar-refractivity contribution is 6.08. The van der Waals surface area contributed by atoms with Gasteiger partial charge >= 0.3 is 0 Å². The molecule has 0 aromatic carbocycles. The minimum absolute atomic E-state index is 0.0883. The summed E-state index contributed by atoms with van der Waals surface area (Å²) in [4.78, 5) is 45.0. The Hall–Kier alpha value is -2.41. The van der Waals surface area contributed by atoms with Crippen LogP contribution in [0.2, 0.25) is 0 Å². The van der Waals surface area contributed by atoms with Gasteiger partial charge in [0.25, 0.3) is 0 Å². The Morgan fingerprint density at radius 2 is 1.70 bits per heavy atom. The molecule has 30 heavy (non-hydrogen) atoms. The van der Waals surface area contributed by atoms with Crippen molar-refractivity contribution in [1.29, 1.82) is 0 Å². The highest BCUT2D eigenvalue weighted by atomic mass is 16.3. The van der Waals surface area contributed by atoms with Crippen LogP contribution in [0.4, 0.5) is 0 Å². The van der Waals surface area contributed by atoms with Crippen molar-refractivity contribution in [2.45, 2.75) is 45.7 Å². The lowest BCUT2D eigenvalue weighted by molar-refractivity contribution is -0.153. The zero-order valence-electron chi connectivity index (χ0n) is 17.8. The molecule has 1 aromatic heterocycles. The summed E-state index contributed by atoms with van der Waals surface area (Å²) < 4.78 is 5.42. The summed E-state index contributed by atoms with van der Waals surface area (Å²) in [6, 6.07) is 3.14. The second-order valence-corrected chi connectivity index (χ2v) is 9.03. The summed E-state index contributed by atoms with van der Waals surface area (Å²) in [7, 11) is 0. The van der Waals surface area contributed by atoms with E-state index in [1.54, 1.807) is 6.26 Å². The maximum absolute atomic E-state index is 13.5. The number of allylic oxidation sites excluding steroid dienone is 2. The van der Waals surface area contributed by atoms with Crippen LogP contribution in [0.15, 0.2) is 35.0 Å². The summed E-state index contributed by atoms with van der Waals surface area (Å²) in [5, 5.41) is 0. The molecule has 0 saturated carbocycles. The minimum atomic E-state index is -0.688. The van der Waals surface area contributed by atoms with Crippen molar-refractivity contribution in [2.75, 3.05) is 26.2 Å². The van der Waals surface area contributed by atoms with E-state index in [9.17, 15) is 14.4 Å². The highest BCUT2D eigenvalue weighted by Gasteiger charge is 2.51. The number of imide groups is 1. The van der Waals surface area contributed by atoms with Gasteiger partial charge in [0, 0.05) is 26.2 Å². The lowest BCUT2D eigenvalue weighted by atomic mass is 9.85. The van der Waals surface area contributed by atoms with E-state index in [1.165, 1.54) is 4.90 Å². The van der Waals surface area contributed by atoms with E-state index < -0.39 is 6.04 Å². The molecule has 4 rings (SSSR count). The molecule has 0 radical (unpaired) electrons. The number of carbonyl (C=O) groups is 3. The lowest BCUT2D eigenvalue weighted by Crippen LogP contribution is -2.56. The molecule has 0 N–H and O–H groups in total. The monoisotopic (exact) mass is 413 g/mol. The van der Waals surface area contributed by atoms with Gasteiger partial charge in [0.1, 0.15) is 11.8 Å². The average Bonchev–Trinajstić information content (AvgIpc) is 3.33. The quantitative estimate of drug-likeness (QED) is 0.528. The lowest BCUT2D eigenvalue weighted by Gasteiger charge is -2.38. The SMILES string of the molecule is CC(C)CC(C(=O)N1CCN(Cc2ccco2)CC1)N1C(=O)C2CC=CCC2C1=O. The molecular weight excluding hydrogens is 382 g/mol. The summed E-state index contributed by atoms with van der Waals surface area (Å²) in [5.41, 5.74) is 0. The summed E-state index contributed by atoms with van der Waals surface area (Å²) in [6.07, 6.45) is 7.33. The summed E-state index contributed by atoms with van der Waals surface area (Å²) in [6.45, 7) is 7.47. The Bertz CT molecular complexity index is 782. The summed E-state index contributed by atoms with van der Waals surface area (Å²) in [5.74, 6) is 0.118. The molecule has 0 spiro atoms. The van der Waals surface area contributed by atoms with Gasteiger partial charge < -0.3 is 9.32 Å². The first kappa shape index (κ1) is 20.8. The van der Waals surface area contributed by atoms with Crippen LogP contribution in [0.5, 0.6) is 0 Å². The van der Waals surface area contributed by atoms with Crippen LogP contribution in [0, 0.1) is 17.8 Å². The Kier molecular flexibility index (Phi) is 6.09. The van der Waals surface area contributed by atoms with Crippen molar-refractivity contribution in [3.8, 4) is 0 Å². The predicted molar refractivity (Wildman–Crippen MR) is 111 cm³/mol. The van der Waals surface area contributed by atoms with Gasteiger partial charge in [0.15, 0.2) is 0 Å². The maximum atomic E-state index is 13.5. The second kappa shape index (κ2) is 8.76. The largest absolute Gasteiger partial charge is 0.468 e. The van der Waals surface area contributed by atoms with Gasteiger partial charge in [-0.15, -0.1) is 0 Å². The van der Waals surface area contributed by atoms with Gasteiger partial charge in [-0.05, 0) is 37.3 Å². The third kappa shape index (κ3) is 4.08. The van der Waals surface area contributed by atoms with E-state index in [0.29, 0.717) is 32.4 Å². The molecule has 3 atom stereocenters. The fraction of sp³-hybridized carbons (Fsp3) is 0.609. The van der Waals surface area contributed by atoms with E-state index in [2.05, 4.69) is 4.90 Å². The number of rotatable bonds is 6. The van der Waals surface area contributed by atoms with Gasteiger partial charge in [-0.1, -0.05) is 26.0 Å². The Labute approximate surface area is 177 Å². The summed E-state index contributed by atoms with van der Waals surface area (Å²) >= 11 is 0. The van der Waals surface area contributed by atoms with E-state index in [4.69, 9.17) is 4.42 Å². The molecule has 2 aliphatic heterocycles. The number of hydrogen-bond donors (Lipinski definition) is 0. The third-order valence-electron chi connectivity index (χ3n) is 6.48. The Morgan fingerprint density at radius 3 is 2.23 bits per heavy atom. The first-order chi connectivity index (χ1) is 14.5. The maximum Gasteiger partial charge on any atom is 0.245 e. The predicted octanol–water partition coefficient (Wildman–Crippen LogP) is 2.29. The smallest absolute Gasteiger partial charge is 0.245 e. The molecule has 1 aromatic rings. The molecular formula is C23H31N3O4. The minimum Gasteiger partial charge on any atom is -0.468 e. The molecule has 3 unspecified atom stereocenters. The van der Waals surface area contributed by atoms with Crippen molar-refractivity contribution < 1.29 is 18.8 Å². The van der Waals surface area contributed by atoms with Crippen LogP contribution in [0.3, 0.4) is 0 Å². The van der Waals surface area contributed by atoms with Crippen molar-refractivity contribution in [3.63, 3.8) is 0 Å². The van der Waals surface area contributed by atoms with Gasteiger partial charge in [-0.25, -0.2) is 0 Å². The molecule has 3 amide bonds. The first-order valence-corrected chi connectivity index (χ1v) is 11.0. The molecule has 162 valence electrons. The van der Waals surface area contributed by atoms with E-state index in [1.807, 2.05) is 43.0 Å². The van der Waals surface area contributed by atoms with Crippen LogP contribution in [0.1, 0.15) is 38.9 Å². The third-order valence-corrected chi connectivity index (χ3v) is 6.48. The van der Waals surface area contributed by atoms with E-state index in [0.717, 1.165) is 25.4 Å². The number of likely N-dealkylation sites (tertiary alicyclic amines) is 1. The zero-order valence-corrected chi connectivity index (χ0v) is 17.8. The number of piperazine rings is 1. The van der Waals surface area contributed by atoms with E-state index >= 15 is 0 Å². The molecule has 0 bridgehead atoms. The number of furan rings is 1. The molecule has 3 heterocycles. The molecule has 2 fully saturated rings. The van der Waals surface area contributed by atoms with Crippen LogP contribution in [-0.2, 0) is 20.9 Å². The normalized spacial score (nSPS) is 25.8. The van der Waals surface area contributed by atoms with Crippen molar-refractivity contribution in [2.24, 2.45) is 17.8 Å². The first-order valence-electron chi connectivity index (χ1n) is 11.0. The van der Waals surface area contributed by atoms with Crippen LogP contribution >= 0.6 is 0 Å².